The van der Waals surface area contributed by atoms with Gasteiger partial charge in [-0.05, 0) is 53.5 Å². The number of anilines is 1. The van der Waals surface area contributed by atoms with Crippen LogP contribution >= 0.6 is 11.8 Å². The molecule has 0 radical (unpaired) electrons. The van der Waals surface area contributed by atoms with Crippen LogP contribution in [0.3, 0.4) is 0 Å². The standard InChI is InChI=1S/C25H24N2O2S/c1-2-18-8-12-21(13-9-18)26-25-27-24(28)23(30-25)16-19-10-14-22(15-11-19)29-17-20-6-4-3-5-7-20/h3-16,25-26H,2,17H2,1H3,(H,27,28)/b23-16-/t25-/m1/s1. The Morgan fingerprint density at radius 1 is 0.967 bits per heavy atom. The van der Waals surface area contributed by atoms with E-state index in [-0.39, 0.29) is 11.4 Å². The molecule has 30 heavy (non-hydrogen) atoms. The minimum atomic E-state index is -0.176. The van der Waals surface area contributed by atoms with Gasteiger partial charge in [-0.15, -0.1) is 0 Å². The summed E-state index contributed by atoms with van der Waals surface area (Å²) in [6.07, 6.45) is 2.92. The highest BCUT2D eigenvalue weighted by molar-refractivity contribution is 8.05. The number of carbonyl (C=O) groups excluding carboxylic acids is 1. The van der Waals surface area contributed by atoms with Crippen molar-refractivity contribution < 1.29 is 9.53 Å². The average Bonchev–Trinajstić information content (AvgIpc) is 3.13. The van der Waals surface area contributed by atoms with Crippen LogP contribution in [-0.2, 0) is 17.8 Å². The molecule has 4 rings (SSSR count). The van der Waals surface area contributed by atoms with Gasteiger partial charge in [-0.2, -0.15) is 0 Å². The van der Waals surface area contributed by atoms with Gasteiger partial charge in [0, 0.05) is 5.69 Å². The minimum absolute atomic E-state index is 0.0629. The van der Waals surface area contributed by atoms with Gasteiger partial charge in [0.1, 0.15) is 12.4 Å². The van der Waals surface area contributed by atoms with Crippen molar-refractivity contribution in [1.29, 1.82) is 0 Å². The van der Waals surface area contributed by atoms with Crippen molar-refractivity contribution in [1.82, 2.24) is 5.32 Å². The van der Waals surface area contributed by atoms with E-state index in [4.69, 9.17) is 4.74 Å². The first-order chi connectivity index (χ1) is 14.7. The van der Waals surface area contributed by atoms with E-state index in [2.05, 4.69) is 29.7 Å². The molecule has 1 atom stereocenters. The Hall–Kier alpha value is -3.18. The zero-order chi connectivity index (χ0) is 20.8. The number of thioether (sulfide) groups is 1. The van der Waals surface area contributed by atoms with Gasteiger partial charge in [0.05, 0.1) is 4.91 Å². The van der Waals surface area contributed by atoms with E-state index in [1.54, 1.807) is 0 Å². The Bertz CT molecular complexity index is 1020. The molecule has 1 saturated heterocycles. The van der Waals surface area contributed by atoms with Gasteiger partial charge in [-0.25, -0.2) is 0 Å². The van der Waals surface area contributed by atoms with Crippen molar-refractivity contribution in [2.75, 3.05) is 5.32 Å². The van der Waals surface area contributed by atoms with E-state index in [1.165, 1.54) is 17.3 Å². The van der Waals surface area contributed by atoms with Crippen LogP contribution in [0.2, 0.25) is 0 Å². The number of ether oxygens (including phenoxy) is 1. The van der Waals surface area contributed by atoms with Crippen LogP contribution in [0.5, 0.6) is 5.75 Å². The molecule has 0 aliphatic carbocycles. The monoisotopic (exact) mass is 416 g/mol. The highest BCUT2D eigenvalue weighted by Crippen LogP contribution is 2.30. The maximum Gasteiger partial charge on any atom is 0.260 e. The van der Waals surface area contributed by atoms with E-state index in [0.29, 0.717) is 11.5 Å². The van der Waals surface area contributed by atoms with Crippen LogP contribution < -0.4 is 15.4 Å². The summed E-state index contributed by atoms with van der Waals surface area (Å²) in [5.74, 6) is 0.742. The van der Waals surface area contributed by atoms with E-state index in [0.717, 1.165) is 29.0 Å². The third-order valence-corrected chi connectivity index (χ3v) is 5.85. The lowest BCUT2D eigenvalue weighted by Gasteiger charge is -2.12. The van der Waals surface area contributed by atoms with E-state index in [1.807, 2.05) is 72.8 Å². The van der Waals surface area contributed by atoms with Gasteiger partial charge in [-0.1, -0.05) is 73.3 Å². The summed E-state index contributed by atoms with van der Waals surface area (Å²) in [5, 5.41) is 6.32. The van der Waals surface area contributed by atoms with Gasteiger partial charge in [0.2, 0.25) is 0 Å². The topological polar surface area (TPSA) is 50.4 Å². The quantitative estimate of drug-likeness (QED) is 0.505. The highest BCUT2D eigenvalue weighted by atomic mass is 32.2. The number of aryl methyl sites for hydroxylation is 1. The minimum Gasteiger partial charge on any atom is -0.489 e. The highest BCUT2D eigenvalue weighted by Gasteiger charge is 2.27. The van der Waals surface area contributed by atoms with Crippen LogP contribution in [0, 0.1) is 0 Å². The summed E-state index contributed by atoms with van der Waals surface area (Å²) in [5.41, 5.74) is 4.20. The molecule has 0 aromatic heterocycles. The maximum absolute atomic E-state index is 12.3. The Labute approximate surface area is 181 Å². The van der Waals surface area contributed by atoms with Crippen molar-refractivity contribution in [2.24, 2.45) is 0 Å². The summed E-state index contributed by atoms with van der Waals surface area (Å²) in [6, 6.07) is 26.1. The lowest BCUT2D eigenvalue weighted by atomic mass is 10.1. The van der Waals surface area contributed by atoms with Gasteiger partial charge in [-0.3, -0.25) is 4.79 Å². The molecule has 152 valence electrons. The second kappa shape index (κ2) is 9.55. The Morgan fingerprint density at radius 3 is 2.40 bits per heavy atom. The summed E-state index contributed by atoms with van der Waals surface area (Å²) < 4.78 is 5.82. The molecular weight excluding hydrogens is 392 g/mol. The molecule has 2 N–H and O–H groups in total. The number of carbonyl (C=O) groups is 1. The number of benzene rings is 3. The SMILES string of the molecule is CCc1ccc(N[C@@H]2NC(=O)/C(=C/c3ccc(OCc4ccccc4)cc3)S2)cc1. The first kappa shape index (κ1) is 20.1. The Balaban J connectivity index is 1.35. The molecule has 0 bridgehead atoms. The van der Waals surface area contributed by atoms with Gasteiger partial charge in [0.25, 0.3) is 5.91 Å². The molecule has 3 aromatic carbocycles. The Kier molecular flexibility index (Phi) is 6.40. The average molecular weight is 417 g/mol. The number of nitrogens with one attached hydrogen (secondary N) is 2. The van der Waals surface area contributed by atoms with E-state index in [9.17, 15) is 4.79 Å². The molecule has 1 fully saturated rings. The summed E-state index contributed by atoms with van der Waals surface area (Å²) >= 11 is 1.49. The van der Waals surface area contributed by atoms with Crippen LogP contribution in [0.25, 0.3) is 6.08 Å². The molecule has 4 nitrogen and oxygen atoms in total. The molecule has 0 saturated carbocycles. The van der Waals surface area contributed by atoms with Crippen LogP contribution in [0.4, 0.5) is 5.69 Å². The van der Waals surface area contributed by atoms with Crippen molar-refractivity contribution in [3.63, 3.8) is 0 Å². The molecule has 0 spiro atoms. The number of hydrogen-bond donors (Lipinski definition) is 2. The molecular formula is C25H24N2O2S. The first-order valence-corrected chi connectivity index (χ1v) is 10.9. The molecule has 3 aromatic rings. The second-order valence-electron chi connectivity index (χ2n) is 7.02. The van der Waals surface area contributed by atoms with Gasteiger partial charge < -0.3 is 15.4 Å². The third-order valence-electron chi connectivity index (χ3n) is 4.82. The third kappa shape index (κ3) is 5.24. The fourth-order valence-electron chi connectivity index (χ4n) is 3.11. The summed E-state index contributed by atoms with van der Waals surface area (Å²) in [6.45, 7) is 2.67. The van der Waals surface area contributed by atoms with Crippen LogP contribution in [0.15, 0.2) is 83.8 Å². The van der Waals surface area contributed by atoms with Gasteiger partial charge in [0.15, 0.2) is 5.50 Å². The smallest absolute Gasteiger partial charge is 0.260 e. The fourth-order valence-corrected chi connectivity index (χ4v) is 4.09. The van der Waals surface area contributed by atoms with E-state index >= 15 is 0 Å². The summed E-state index contributed by atoms with van der Waals surface area (Å²) in [7, 11) is 0. The number of hydrogen-bond acceptors (Lipinski definition) is 4. The fraction of sp³-hybridized carbons (Fsp3) is 0.160. The molecule has 1 amide bonds. The van der Waals surface area contributed by atoms with E-state index < -0.39 is 0 Å². The molecule has 0 unspecified atom stereocenters. The van der Waals surface area contributed by atoms with Crippen LogP contribution in [-0.4, -0.2) is 11.4 Å². The molecule has 1 aliphatic rings. The van der Waals surface area contributed by atoms with Crippen molar-refractivity contribution >= 4 is 29.4 Å². The van der Waals surface area contributed by atoms with Gasteiger partial charge >= 0.3 is 0 Å². The number of amides is 1. The number of rotatable bonds is 7. The largest absolute Gasteiger partial charge is 0.489 e. The predicted molar refractivity (Wildman–Crippen MR) is 124 cm³/mol. The summed E-state index contributed by atoms with van der Waals surface area (Å²) in [4.78, 5) is 13.0. The molecule has 1 aliphatic heterocycles. The molecule has 5 heteroatoms. The maximum atomic E-state index is 12.3. The predicted octanol–water partition coefficient (Wildman–Crippen LogP) is 5.43. The molecule has 1 heterocycles. The zero-order valence-corrected chi connectivity index (χ0v) is 17.6. The normalized spacial score (nSPS) is 17.0. The van der Waals surface area contributed by atoms with Crippen molar-refractivity contribution in [3.05, 3.63) is 100 Å². The Morgan fingerprint density at radius 2 is 1.70 bits per heavy atom. The second-order valence-corrected chi connectivity index (χ2v) is 8.16. The lowest BCUT2D eigenvalue weighted by molar-refractivity contribution is -0.116. The lowest BCUT2D eigenvalue weighted by Crippen LogP contribution is -2.30. The van der Waals surface area contributed by atoms with Crippen molar-refractivity contribution in [3.8, 4) is 5.75 Å². The van der Waals surface area contributed by atoms with Crippen LogP contribution in [0.1, 0.15) is 23.6 Å². The first-order valence-electron chi connectivity index (χ1n) is 10.0. The van der Waals surface area contributed by atoms with Crippen molar-refractivity contribution in [2.45, 2.75) is 25.4 Å². The zero-order valence-electron chi connectivity index (χ0n) is 16.8.